The maximum absolute atomic E-state index is 12.5. The number of rotatable bonds is 7. The van der Waals surface area contributed by atoms with E-state index in [0.29, 0.717) is 21.9 Å². The van der Waals surface area contributed by atoms with E-state index < -0.39 is 5.97 Å². The molecule has 3 aromatic rings. The summed E-state index contributed by atoms with van der Waals surface area (Å²) in [6.07, 6.45) is 8.21. The molecule has 2 amide bonds. The van der Waals surface area contributed by atoms with Crippen molar-refractivity contribution in [1.29, 1.82) is 0 Å². The van der Waals surface area contributed by atoms with Gasteiger partial charge in [0.1, 0.15) is 5.00 Å². The number of methoxy groups -OCH3 is 1. The van der Waals surface area contributed by atoms with Gasteiger partial charge in [-0.2, -0.15) is 4.99 Å². The molecule has 0 saturated heterocycles. The van der Waals surface area contributed by atoms with Crippen molar-refractivity contribution in [2.45, 2.75) is 25.8 Å². The van der Waals surface area contributed by atoms with Gasteiger partial charge in [0, 0.05) is 9.35 Å². The number of hydrogen-bond acceptors (Lipinski definition) is 7. The van der Waals surface area contributed by atoms with Crippen LogP contribution in [-0.2, 0) is 33.7 Å². The van der Waals surface area contributed by atoms with Gasteiger partial charge in [0.25, 0.3) is 5.91 Å². The third kappa shape index (κ3) is 5.30. The number of terminal acetylenes is 1. The number of thioether (sulfide) groups is 1. The van der Waals surface area contributed by atoms with Crippen molar-refractivity contribution < 1.29 is 19.1 Å². The lowest BCUT2D eigenvalue weighted by Gasteiger charge is -2.06. The fraction of sp³-hybridized carbons (Fsp3) is 0.304. The number of carbonyl (C=O) groups is 3. The minimum atomic E-state index is -0.438. The molecule has 0 unspecified atom stereocenters. The van der Waals surface area contributed by atoms with Crippen LogP contribution in [0.5, 0.6) is 0 Å². The standard InChI is InChI=1S/C23H20BrN3O4S3/c1-3-9-27-15-8-7-13(24)10-17(15)34-23(27)26-19(29)12-32-11-18(28)25-21-20(22(30)31-2)14-5-4-6-16(14)33-21/h1,7-8,10H,4-6,9,11-12H2,2H3,(H,25,28). The summed E-state index contributed by atoms with van der Waals surface area (Å²) in [6.45, 7) is 0.302. The molecule has 34 heavy (non-hydrogen) atoms. The van der Waals surface area contributed by atoms with Gasteiger partial charge in [-0.3, -0.25) is 9.59 Å². The number of benzene rings is 1. The molecule has 1 aromatic carbocycles. The van der Waals surface area contributed by atoms with Crippen LogP contribution in [-0.4, -0.2) is 41.0 Å². The summed E-state index contributed by atoms with van der Waals surface area (Å²) in [5.74, 6) is 1.64. The fourth-order valence-electron chi connectivity index (χ4n) is 3.72. The Morgan fingerprint density at radius 3 is 2.88 bits per heavy atom. The largest absolute Gasteiger partial charge is 0.465 e. The summed E-state index contributed by atoms with van der Waals surface area (Å²) < 4.78 is 8.63. The van der Waals surface area contributed by atoms with Crippen molar-refractivity contribution in [2.75, 3.05) is 23.9 Å². The van der Waals surface area contributed by atoms with Crippen LogP contribution in [0.4, 0.5) is 5.00 Å². The van der Waals surface area contributed by atoms with Gasteiger partial charge in [-0.1, -0.05) is 33.2 Å². The number of carbonyl (C=O) groups excluding carboxylic acids is 3. The molecule has 2 heterocycles. The number of aromatic nitrogens is 1. The molecule has 11 heteroatoms. The summed E-state index contributed by atoms with van der Waals surface area (Å²) in [4.78, 5) is 43.1. The predicted molar refractivity (Wildman–Crippen MR) is 141 cm³/mol. The second kappa shape index (κ2) is 10.9. The zero-order valence-electron chi connectivity index (χ0n) is 18.2. The lowest BCUT2D eigenvalue weighted by Crippen LogP contribution is -2.19. The molecule has 1 aliphatic carbocycles. The van der Waals surface area contributed by atoms with Crippen molar-refractivity contribution >= 4 is 83.4 Å². The van der Waals surface area contributed by atoms with E-state index in [0.717, 1.165) is 44.4 Å². The molecule has 2 aromatic heterocycles. The smallest absolute Gasteiger partial charge is 0.341 e. The molecule has 176 valence electrons. The van der Waals surface area contributed by atoms with Gasteiger partial charge in [0.2, 0.25) is 5.91 Å². The first kappa shape index (κ1) is 24.7. The SMILES string of the molecule is C#CCn1c(=NC(=O)CSCC(=O)Nc2sc3c(c2C(=O)OC)CCC3)sc2cc(Br)ccc21. The summed E-state index contributed by atoms with van der Waals surface area (Å²) in [5, 5.41) is 3.33. The Kier molecular flexibility index (Phi) is 7.93. The van der Waals surface area contributed by atoms with E-state index in [-0.39, 0.29) is 23.3 Å². The van der Waals surface area contributed by atoms with E-state index in [1.807, 2.05) is 22.8 Å². The van der Waals surface area contributed by atoms with E-state index in [1.165, 1.54) is 41.5 Å². The lowest BCUT2D eigenvalue weighted by atomic mass is 10.1. The first-order valence-electron chi connectivity index (χ1n) is 10.3. The number of nitrogens with one attached hydrogen (secondary N) is 1. The van der Waals surface area contributed by atoms with Gasteiger partial charge in [0.15, 0.2) is 4.80 Å². The number of hydrogen-bond donors (Lipinski definition) is 1. The Bertz CT molecular complexity index is 1400. The highest BCUT2D eigenvalue weighted by atomic mass is 79.9. The molecular weight excluding hydrogens is 558 g/mol. The number of esters is 1. The second-order valence-electron chi connectivity index (χ2n) is 7.39. The van der Waals surface area contributed by atoms with E-state index in [9.17, 15) is 14.4 Å². The minimum absolute atomic E-state index is 0.0478. The molecule has 1 N–H and O–H groups in total. The first-order valence-corrected chi connectivity index (χ1v) is 13.9. The average molecular weight is 579 g/mol. The highest BCUT2D eigenvalue weighted by molar-refractivity contribution is 9.10. The zero-order valence-corrected chi connectivity index (χ0v) is 22.2. The lowest BCUT2D eigenvalue weighted by molar-refractivity contribution is -0.115. The maximum atomic E-state index is 12.5. The minimum Gasteiger partial charge on any atom is -0.465 e. The van der Waals surface area contributed by atoms with Crippen LogP contribution in [0, 0.1) is 12.3 Å². The van der Waals surface area contributed by atoms with Gasteiger partial charge < -0.3 is 14.6 Å². The Labute approximate surface area is 216 Å². The molecule has 4 rings (SSSR count). The summed E-state index contributed by atoms with van der Waals surface area (Å²) >= 11 is 7.43. The monoisotopic (exact) mass is 577 g/mol. The van der Waals surface area contributed by atoms with Gasteiger partial charge in [-0.15, -0.1) is 29.5 Å². The van der Waals surface area contributed by atoms with Crippen LogP contribution in [0.1, 0.15) is 27.2 Å². The van der Waals surface area contributed by atoms with Gasteiger partial charge in [-0.05, 0) is 43.0 Å². The number of fused-ring (bicyclic) bond motifs is 2. The zero-order chi connectivity index (χ0) is 24.2. The quantitative estimate of drug-likeness (QED) is 0.335. The number of anilines is 1. The molecule has 0 aliphatic heterocycles. The van der Waals surface area contributed by atoms with Crippen LogP contribution < -0.4 is 10.1 Å². The van der Waals surface area contributed by atoms with E-state index in [1.54, 1.807) is 0 Å². The van der Waals surface area contributed by atoms with Crippen molar-refractivity contribution in [2.24, 2.45) is 4.99 Å². The average Bonchev–Trinajstić information content (AvgIpc) is 3.46. The van der Waals surface area contributed by atoms with Crippen molar-refractivity contribution in [1.82, 2.24) is 4.57 Å². The Morgan fingerprint density at radius 2 is 2.12 bits per heavy atom. The van der Waals surface area contributed by atoms with E-state index in [2.05, 4.69) is 32.2 Å². The molecule has 1 aliphatic rings. The highest BCUT2D eigenvalue weighted by Gasteiger charge is 2.28. The molecule has 0 fully saturated rings. The van der Waals surface area contributed by atoms with Crippen molar-refractivity contribution in [3.63, 3.8) is 0 Å². The van der Waals surface area contributed by atoms with Crippen molar-refractivity contribution in [3.05, 3.63) is 43.5 Å². The molecule has 0 radical (unpaired) electrons. The summed E-state index contributed by atoms with van der Waals surface area (Å²) in [6, 6.07) is 5.80. The summed E-state index contributed by atoms with van der Waals surface area (Å²) in [5.41, 5.74) is 2.34. The van der Waals surface area contributed by atoms with E-state index in [4.69, 9.17) is 11.2 Å². The molecule has 0 saturated carbocycles. The number of thiophene rings is 1. The molecule has 0 bridgehead atoms. The Hall–Kier alpha value is -2.39. The molecular formula is C23H20BrN3O4S3. The van der Waals surface area contributed by atoms with Gasteiger partial charge in [-0.25, -0.2) is 4.79 Å². The number of thiazole rings is 1. The maximum Gasteiger partial charge on any atom is 0.341 e. The third-order valence-corrected chi connectivity index (χ3v) is 8.80. The number of ether oxygens (including phenoxy) is 1. The van der Waals surface area contributed by atoms with Crippen LogP contribution in [0.2, 0.25) is 0 Å². The Balaban J connectivity index is 1.40. The normalized spacial score (nSPS) is 13.0. The third-order valence-electron chi connectivity index (χ3n) is 5.14. The number of aryl methyl sites for hydroxylation is 1. The number of nitrogens with zero attached hydrogens (tertiary/aromatic N) is 2. The highest BCUT2D eigenvalue weighted by Crippen LogP contribution is 2.39. The topological polar surface area (TPSA) is 89.8 Å². The first-order chi connectivity index (χ1) is 16.4. The molecule has 7 nitrogen and oxygen atoms in total. The van der Waals surface area contributed by atoms with Crippen LogP contribution in [0.3, 0.4) is 0 Å². The summed E-state index contributed by atoms with van der Waals surface area (Å²) in [7, 11) is 1.33. The van der Waals surface area contributed by atoms with Crippen LogP contribution in [0.25, 0.3) is 10.2 Å². The van der Waals surface area contributed by atoms with E-state index >= 15 is 0 Å². The van der Waals surface area contributed by atoms with Crippen LogP contribution >= 0.6 is 50.4 Å². The van der Waals surface area contributed by atoms with Gasteiger partial charge in [0.05, 0.1) is 40.9 Å². The molecule has 0 atom stereocenters. The van der Waals surface area contributed by atoms with Crippen molar-refractivity contribution in [3.8, 4) is 12.3 Å². The predicted octanol–water partition coefficient (Wildman–Crippen LogP) is 4.23. The number of amides is 2. The second-order valence-corrected chi connectivity index (χ2v) is 11.4. The Morgan fingerprint density at radius 1 is 1.29 bits per heavy atom. The van der Waals surface area contributed by atoms with Crippen LogP contribution in [0.15, 0.2) is 27.7 Å². The fourth-order valence-corrected chi connectivity index (χ4v) is 7.21. The number of halogens is 1. The molecule has 0 spiro atoms. The van der Waals surface area contributed by atoms with Gasteiger partial charge >= 0.3 is 5.97 Å².